The summed E-state index contributed by atoms with van der Waals surface area (Å²) >= 11 is 19.3. The van der Waals surface area contributed by atoms with Crippen molar-refractivity contribution < 1.29 is 19.4 Å². The van der Waals surface area contributed by atoms with Gasteiger partial charge in [-0.15, -0.1) is 0 Å². The Morgan fingerprint density at radius 1 is 1.10 bits per heavy atom. The molecule has 0 radical (unpaired) electrons. The van der Waals surface area contributed by atoms with E-state index < -0.39 is 17.5 Å². The minimum atomic E-state index is -2.19. The van der Waals surface area contributed by atoms with Gasteiger partial charge in [0.2, 0.25) is 5.60 Å². The van der Waals surface area contributed by atoms with Crippen LogP contribution in [0.25, 0.3) is 0 Å². The van der Waals surface area contributed by atoms with Gasteiger partial charge in [-0.05, 0) is 37.4 Å². The lowest BCUT2D eigenvalue weighted by atomic mass is 9.87. The molecule has 6 nitrogen and oxygen atoms in total. The van der Waals surface area contributed by atoms with Gasteiger partial charge in [-0.1, -0.05) is 54.7 Å². The first-order chi connectivity index (χ1) is 14.7. The molecule has 0 saturated heterocycles. The van der Waals surface area contributed by atoms with Gasteiger partial charge in [0, 0.05) is 34.3 Å². The van der Waals surface area contributed by atoms with Gasteiger partial charge in [0.15, 0.2) is 0 Å². The summed E-state index contributed by atoms with van der Waals surface area (Å²) < 4.78 is 4.81. The van der Waals surface area contributed by atoms with Crippen molar-refractivity contribution in [2.45, 2.75) is 19.4 Å². The van der Waals surface area contributed by atoms with Gasteiger partial charge in [0.05, 0.1) is 23.4 Å². The molecule has 1 heterocycles. The standard InChI is InChI=1S/C22H23Cl3N2O4/c1-4-26(5-2)9-10-27-17-12-13(20(28)31-3)11-16(25)19(17)22(30,21(27)29)18-14(23)7-6-8-15(18)24/h6-8,11-12,30H,4-5,9-10H2,1-3H3. The van der Waals surface area contributed by atoms with Crippen molar-refractivity contribution in [3.8, 4) is 0 Å². The third kappa shape index (κ3) is 4.03. The van der Waals surface area contributed by atoms with E-state index in [-0.39, 0.29) is 38.3 Å². The first-order valence-electron chi connectivity index (χ1n) is 9.84. The quantitative estimate of drug-likeness (QED) is 0.590. The number of carbonyl (C=O) groups is 2. The number of fused-ring (bicyclic) bond motifs is 1. The molecule has 2 aromatic rings. The number of hydrogen-bond acceptors (Lipinski definition) is 5. The summed E-state index contributed by atoms with van der Waals surface area (Å²) in [5, 5.41) is 12.1. The number of ether oxygens (including phenoxy) is 1. The molecule has 0 bridgehead atoms. The molecule has 1 amide bonds. The number of nitrogens with zero attached hydrogens (tertiary/aromatic N) is 2. The summed E-state index contributed by atoms with van der Waals surface area (Å²) in [6.07, 6.45) is 0. The maximum Gasteiger partial charge on any atom is 0.337 e. The number of anilines is 1. The Bertz CT molecular complexity index is 1010. The van der Waals surface area contributed by atoms with Gasteiger partial charge < -0.3 is 19.6 Å². The molecule has 0 fully saturated rings. The molecule has 1 N–H and O–H groups in total. The van der Waals surface area contributed by atoms with E-state index in [2.05, 4.69) is 4.90 Å². The SMILES string of the molecule is CCN(CC)CCN1C(=O)C(O)(c2c(Cl)cccc2Cl)c2c(Cl)cc(C(=O)OC)cc21. The van der Waals surface area contributed by atoms with Gasteiger partial charge in [-0.3, -0.25) is 4.79 Å². The van der Waals surface area contributed by atoms with Crippen LogP contribution >= 0.6 is 34.8 Å². The van der Waals surface area contributed by atoms with Crippen LogP contribution in [0.15, 0.2) is 30.3 Å². The minimum Gasteiger partial charge on any atom is -0.465 e. The molecule has 31 heavy (non-hydrogen) atoms. The van der Waals surface area contributed by atoms with Gasteiger partial charge in [-0.25, -0.2) is 4.79 Å². The molecule has 9 heteroatoms. The fraction of sp³-hybridized carbons (Fsp3) is 0.364. The lowest BCUT2D eigenvalue weighted by Crippen LogP contribution is -2.44. The van der Waals surface area contributed by atoms with Crippen LogP contribution in [0.3, 0.4) is 0 Å². The Kier molecular flexibility index (Phi) is 7.18. The van der Waals surface area contributed by atoms with E-state index in [0.717, 1.165) is 13.1 Å². The number of amides is 1. The molecule has 0 aromatic heterocycles. The summed E-state index contributed by atoms with van der Waals surface area (Å²) in [5.74, 6) is -1.24. The summed E-state index contributed by atoms with van der Waals surface area (Å²) in [4.78, 5) is 29.4. The molecular formula is C22H23Cl3N2O4. The molecule has 0 saturated carbocycles. The molecule has 1 atom stereocenters. The van der Waals surface area contributed by atoms with E-state index in [9.17, 15) is 14.7 Å². The van der Waals surface area contributed by atoms with E-state index >= 15 is 0 Å². The largest absolute Gasteiger partial charge is 0.465 e. The third-order valence-electron chi connectivity index (χ3n) is 5.56. The van der Waals surface area contributed by atoms with Crippen molar-refractivity contribution in [2.24, 2.45) is 0 Å². The van der Waals surface area contributed by atoms with Crippen molar-refractivity contribution in [1.29, 1.82) is 0 Å². The average Bonchev–Trinajstić information content (AvgIpc) is 2.95. The zero-order valence-corrected chi connectivity index (χ0v) is 19.7. The molecule has 2 aromatic carbocycles. The van der Waals surface area contributed by atoms with Crippen LogP contribution < -0.4 is 4.90 Å². The van der Waals surface area contributed by atoms with Crippen LogP contribution in [-0.4, -0.2) is 55.2 Å². The summed E-state index contributed by atoms with van der Waals surface area (Å²) in [6, 6.07) is 7.57. The van der Waals surface area contributed by atoms with E-state index in [0.29, 0.717) is 12.2 Å². The molecule has 1 unspecified atom stereocenters. The lowest BCUT2D eigenvalue weighted by molar-refractivity contribution is -0.132. The minimum absolute atomic E-state index is 0.0371. The molecule has 0 aliphatic carbocycles. The molecule has 1 aliphatic heterocycles. The van der Waals surface area contributed by atoms with Crippen LogP contribution in [0.1, 0.15) is 35.3 Å². The molecule has 1 aliphatic rings. The van der Waals surface area contributed by atoms with E-state index in [1.165, 1.54) is 24.1 Å². The smallest absolute Gasteiger partial charge is 0.337 e. The average molecular weight is 486 g/mol. The normalized spacial score (nSPS) is 17.9. The predicted octanol–water partition coefficient (Wildman–Crippen LogP) is 4.36. The fourth-order valence-corrected chi connectivity index (χ4v) is 4.91. The summed E-state index contributed by atoms with van der Waals surface area (Å²) in [6.45, 7) is 6.48. The Hall–Kier alpha value is -1.83. The molecule has 0 spiro atoms. The zero-order valence-electron chi connectivity index (χ0n) is 17.4. The highest BCUT2D eigenvalue weighted by Gasteiger charge is 2.54. The maximum atomic E-state index is 13.6. The Labute approximate surface area is 196 Å². The van der Waals surface area contributed by atoms with Gasteiger partial charge in [0.1, 0.15) is 0 Å². The van der Waals surface area contributed by atoms with Crippen LogP contribution in [0.2, 0.25) is 15.1 Å². The zero-order chi connectivity index (χ0) is 22.9. The number of rotatable bonds is 7. The van der Waals surface area contributed by atoms with Crippen molar-refractivity contribution in [3.63, 3.8) is 0 Å². The summed E-state index contributed by atoms with van der Waals surface area (Å²) in [5.41, 5.74) is -1.51. The number of methoxy groups -OCH3 is 1. The highest BCUT2D eigenvalue weighted by Crippen LogP contribution is 2.51. The Morgan fingerprint density at radius 3 is 2.26 bits per heavy atom. The second-order valence-corrected chi connectivity index (χ2v) is 8.36. The number of hydrogen-bond donors (Lipinski definition) is 1. The number of benzene rings is 2. The van der Waals surface area contributed by atoms with E-state index in [4.69, 9.17) is 39.5 Å². The number of carbonyl (C=O) groups excluding carboxylic acids is 2. The molecule has 3 rings (SSSR count). The topological polar surface area (TPSA) is 70.1 Å². The number of aliphatic hydroxyl groups is 1. The van der Waals surface area contributed by atoms with Gasteiger partial charge >= 0.3 is 5.97 Å². The molecule has 166 valence electrons. The highest BCUT2D eigenvalue weighted by molar-refractivity contribution is 6.38. The van der Waals surface area contributed by atoms with Crippen LogP contribution in [0.4, 0.5) is 5.69 Å². The summed E-state index contributed by atoms with van der Waals surface area (Å²) in [7, 11) is 1.26. The third-order valence-corrected chi connectivity index (χ3v) is 6.48. The van der Waals surface area contributed by atoms with E-state index in [1.54, 1.807) is 18.2 Å². The van der Waals surface area contributed by atoms with E-state index in [1.807, 2.05) is 13.8 Å². The first-order valence-corrected chi connectivity index (χ1v) is 11.0. The number of esters is 1. The second-order valence-electron chi connectivity index (χ2n) is 7.13. The van der Waals surface area contributed by atoms with Crippen molar-refractivity contribution in [2.75, 3.05) is 38.2 Å². The van der Waals surface area contributed by atoms with Crippen LogP contribution in [0.5, 0.6) is 0 Å². The maximum absolute atomic E-state index is 13.6. The second kappa shape index (κ2) is 9.35. The van der Waals surface area contributed by atoms with Gasteiger partial charge in [0.25, 0.3) is 5.91 Å². The fourth-order valence-electron chi connectivity index (χ4n) is 3.89. The number of halogens is 3. The Balaban J connectivity index is 2.23. The van der Waals surface area contributed by atoms with Crippen LogP contribution in [-0.2, 0) is 15.1 Å². The highest BCUT2D eigenvalue weighted by atomic mass is 35.5. The lowest BCUT2D eigenvalue weighted by Gasteiger charge is -2.27. The Morgan fingerprint density at radius 2 is 1.71 bits per heavy atom. The van der Waals surface area contributed by atoms with Crippen LogP contribution in [0, 0.1) is 0 Å². The van der Waals surface area contributed by atoms with Crippen molar-refractivity contribution >= 4 is 52.4 Å². The first kappa shape index (κ1) is 23.8. The number of likely N-dealkylation sites (N-methyl/N-ethyl adjacent to an activating group) is 1. The van der Waals surface area contributed by atoms with Crippen molar-refractivity contribution in [3.05, 3.63) is 62.1 Å². The molecular weight excluding hydrogens is 463 g/mol. The monoisotopic (exact) mass is 484 g/mol. The van der Waals surface area contributed by atoms with Crippen molar-refractivity contribution in [1.82, 2.24) is 4.90 Å². The van der Waals surface area contributed by atoms with Gasteiger partial charge in [-0.2, -0.15) is 0 Å². The predicted molar refractivity (Wildman–Crippen MR) is 122 cm³/mol.